The lowest BCUT2D eigenvalue weighted by atomic mass is 9.30. The van der Waals surface area contributed by atoms with Crippen LogP contribution in [0.5, 0.6) is 0 Å². The van der Waals surface area contributed by atoms with Crippen molar-refractivity contribution in [3.05, 3.63) is 95.6 Å². The van der Waals surface area contributed by atoms with Gasteiger partial charge in [0.15, 0.2) is 0 Å². The summed E-state index contributed by atoms with van der Waals surface area (Å²) in [5.74, 6) is 0. The van der Waals surface area contributed by atoms with Crippen molar-refractivity contribution >= 4 is 44.9 Å². The summed E-state index contributed by atoms with van der Waals surface area (Å²) in [6, 6.07) is 29.5. The molecule has 0 fully saturated rings. The maximum absolute atomic E-state index is 2.52. The van der Waals surface area contributed by atoms with Crippen molar-refractivity contribution in [2.75, 3.05) is 0 Å². The first-order chi connectivity index (χ1) is 14.6. The molecular weight excluding hydrogens is 361 g/mol. The SMILES string of the molecule is Cc1cccc2c1B1c3ccccc3-n3c4ccccc4c4ccc(c1c43)C2(C)C. The number of nitrogens with zero attached hydrogens (tertiary/aromatic N) is 1. The van der Waals surface area contributed by atoms with Gasteiger partial charge < -0.3 is 4.57 Å². The minimum Gasteiger partial charge on any atom is -0.310 e. The van der Waals surface area contributed by atoms with Gasteiger partial charge in [-0.1, -0.05) is 91.6 Å². The lowest BCUT2D eigenvalue weighted by molar-refractivity contribution is 0.646. The second-order valence-electron chi connectivity index (χ2n) is 9.43. The maximum Gasteiger partial charge on any atom is 0.247 e. The summed E-state index contributed by atoms with van der Waals surface area (Å²) < 4.78 is 2.52. The highest BCUT2D eigenvalue weighted by atomic mass is 15.0. The van der Waals surface area contributed by atoms with Crippen molar-refractivity contribution in [1.82, 2.24) is 4.57 Å². The highest BCUT2D eigenvalue weighted by molar-refractivity contribution is 6.99. The maximum atomic E-state index is 2.52. The fourth-order valence-electron chi connectivity index (χ4n) is 6.32. The Morgan fingerprint density at radius 1 is 0.700 bits per heavy atom. The van der Waals surface area contributed by atoms with Crippen molar-refractivity contribution in [1.29, 1.82) is 0 Å². The Kier molecular flexibility index (Phi) is 2.90. The third kappa shape index (κ3) is 1.73. The normalized spacial score (nSPS) is 15.4. The van der Waals surface area contributed by atoms with E-state index in [4.69, 9.17) is 0 Å². The Morgan fingerprint density at radius 2 is 1.47 bits per heavy atom. The molecule has 0 unspecified atom stereocenters. The zero-order valence-corrected chi connectivity index (χ0v) is 17.5. The van der Waals surface area contributed by atoms with E-state index in [1.807, 2.05) is 0 Å². The average Bonchev–Trinajstić information content (AvgIpc) is 3.10. The quantitative estimate of drug-likeness (QED) is 0.339. The van der Waals surface area contributed by atoms with E-state index < -0.39 is 0 Å². The van der Waals surface area contributed by atoms with Crippen LogP contribution in [0.1, 0.15) is 30.5 Å². The lowest BCUT2D eigenvalue weighted by Gasteiger charge is -2.42. The van der Waals surface area contributed by atoms with Crippen molar-refractivity contribution in [2.24, 2.45) is 0 Å². The minimum atomic E-state index is -0.0189. The zero-order chi connectivity index (χ0) is 20.2. The fourth-order valence-corrected chi connectivity index (χ4v) is 6.32. The number of rotatable bonds is 0. The molecule has 0 spiro atoms. The summed E-state index contributed by atoms with van der Waals surface area (Å²) in [5, 5.41) is 2.72. The van der Waals surface area contributed by atoms with E-state index in [0.29, 0.717) is 6.71 Å². The Bertz CT molecular complexity index is 1540. The molecule has 0 N–H and O–H groups in total. The van der Waals surface area contributed by atoms with E-state index in [1.165, 1.54) is 60.6 Å². The molecule has 2 heteroatoms. The molecule has 0 saturated heterocycles. The fraction of sp³-hybridized carbons (Fsp3) is 0.143. The van der Waals surface area contributed by atoms with Gasteiger partial charge in [0.05, 0.1) is 5.52 Å². The molecule has 142 valence electrons. The Morgan fingerprint density at radius 3 is 2.37 bits per heavy atom. The number of hydrogen-bond donors (Lipinski definition) is 0. The van der Waals surface area contributed by atoms with Crippen molar-refractivity contribution < 1.29 is 0 Å². The van der Waals surface area contributed by atoms with Crippen molar-refractivity contribution in [3.63, 3.8) is 0 Å². The largest absolute Gasteiger partial charge is 0.310 e. The molecule has 0 bridgehead atoms. The minimum absolute atomic E-state index is 0.0189. The van der Waals surface area contributed by atoms with Gasteiger partial charge in [-0.25, -0.2) is 0 Å². The standard InChI is InChI=1S/C28H22BN/c1-17-9-8-11-20-25(17)29-22-12-5-7-14-24(22)30-23-13-6-4-10-18(23)19-15-16-21(28(20,2)3)26(29)27(19)30/h4-16H,1-3H3. The molecule has 30 heavy (non-hydrogen) atoms. The first-order valence-corrected chi connectivity index (χ1v) is 10.8. The Balaban J connectivity index is 1.80. The predicted octanol–water partition coefficient (Wildman–Crippen LogP) is 4.56. The van der Waals surface area contributed by atoms with E-state index >= 15 is 0 Å². The summed E-state index contributed by atoms with van der Waals surface area (Å²) in [5.41, 5.74) is 12.8. The van der Waals surface area contributed by atoms with Gasteiger partial charge >= 0.3 is 0 Å². The molecule has 0 saturated carbocycles. The molecule has 0 atom stereocenters. The number of aromatic nitrogens is 1. The summed E-state index contributed by atoms with van der Waals surface area (Å²) in [7, 11) is 0. The highest BCUT2D eigenvalue weighted by Crippen LogP contribution is 2.40. The van der Waals surface area contributed by atoms with Gasteiger partial charge in [-0.15, -0.1) is 0 Å². The molecule has 4 aromatic carbocycles. The topological polar surface area (TPSA) is 4.93 Å². The smallest absolute Gasteiger partial charge is 0.247 e. The van der Waals surface area contributed by atoms with E-state index in [-0.39, 0.29) is 5.41 Å². The van der Waals surface area contributed by atoms with Gasteiger partial charge in [0.2, 0.25) is 6.71 Å². The van der Waals surface area contributed by atoms with Gasteiger partial charge in [0.1, 0.15) is 0 Å². The van der Waals surface area contributed by atoms with E-state index in [2.05, 4.69) is 104 Å². The molecule has 0 aliphatic carbocycles. The van der Waals surface area contributed by atoms with Crippen LogP contribution in [0.25, 0.3) is 27.5 Å². The third-order valence-corrected chi connectivity index (χ3v) is 7.61. The van der Waals surface area contributed by atoms with Gasteiger partial charge in [-0.05, 0) is 41.1 Å². The molecule has 2 aliphatic heterocycles. The second kappa shape index (κ2) is 5.26. The first-order valence-electron chi connectivity index (χ1n) is 10.8. The van der Waals surface area contributed by atoms with E-state index in [9.17, 15) is 0 Å². The van der Waals surface area contributed by atoms with E-state index in [0.717, 1.165) is 0 Å². The van der Waals surface area contributed by atoms with Crippen LogP contribution < -0.4 is 16.4 Å². The Labute approximate surface area is 177 Å². The molecule has 3 heterocycles. The number of para-hydroxylation sites is 2. The summed E-state index contributed by atoms with van der Waals surface area (Å²) in [6.45, 7) is 7.37. The van der Waals surface area contributed by atoms with Gasteiger partial charge in [-0.2, -0.15) is 0 Å². The zero-order valence-electron chi connectivity index (χ0n) is 17.5. The lowest BCUT2D eigenvalue weighted by Crippen LogP contribution is -2.63. The number of hydrogen-bond acceptors (Lipinski definition) is 0. The van der Waals surface area contributed by atoms with Crippen LogP contribution in [0, 0.1) is 6.92 Å². The van der Waals surface area contributed by atoms with Crippen LogP contribution in [0.4, 0.5) is 0 Å². The summed E-state index contributed by atoms with van der Waals surface area (Å²) in [6.07, 6.45) is 0. The first kappa shape index (κ1) is 16.5. The van der Waals surface area contributed by atoms with Crippen molar-refractivity contribution in [2.45, 2.75) is 26.2 Å². The van der Waals surface area contributed by atoms with Gasteiger partial charge in [0.25, 0.3) is 0 Å². The number of aryl methyl sites for hydroxylation is 1. The van der Waals surface area contributed by atoms with Crippen molar-refractivity contribution in [3.8, 4) is 5.69 Å². The molecule has 5 aromatic rings. The monoisotopic (exact) mass is 383 g/mol. The van der Waals surface area contributed by atoms with Crippen LogP contribution in [0.3, 0.4) is 0 Å². The number of benzene rings is 4. The van der Waals surface area contributed by atoms with Crippen LogP contribution in [0.2, 0.25) is 0 Å². The molecule has 7 rings (SSSR count). The summed E-state index contributed by atoms with van der Waals surface area (Å²) >= 11 is 0. The van der Waals surface area contributed by atoms with Gasteiger partial charge in [-0.3, -0.25) is 0 Å². The molecule has 1 aromatic heterocycles. The molecule has 0 radical (unpaired) electrons. The molecule has 1 nitrogen and oxygen atoms in total. The third-order valence-electron chi connectivity index (χ3n) is 7.61. The molecule has 0 amide bonds. The van der Waals surface area contributed by atoms with E-state index in [1.54, 1.807) is 0 Å². The second-order valence-corrected chi connectivity index (χ2v) is 9.43. The number of fused-ring (bicyclic) bond motifs is 8. The van der Waals surface area contributed by atoms with Crippen LogP contribution in [0.15, 0.2) is 78.9 Å². The van der Waals surface area contributed by atoms with Crippen LogP contribution >= 0.6 is 0 Å². The van der Waals surface area contributed by atoms with Crippen LogP contribution in [-0.4, -0.2) is 11.3 Å². The average molecular weight is 383 g/mol. The summed E-state index contributed by atoms with van der Waals surface area (Å²) in [4.78, 5) is 0. The predicted molar refractivity (Wildman–Crippen MR) is 129 cm³/mol. The van der Waals surface area contributed by atoms with Gasteiger partial charge in [0, 0.05) is 27.4 Å². The van der Waals surface area contributed by atoms with Crippen LogP contribution in [-0.2, 0) is 5.41 Å². The molecule has 2 aliphatic rings. The molecular formula is C28H22BN. The highest BCUT2D eigenvalue weighted by Gasteiger charge is 2.45. The Hall–Kier alpha value is -3.26.